The second kappa shape index (κ2) is 3.90. The molecule has 0 aromatic carbocycles. The van der Waals surface area contributed by atoms with E-state index in [2.05, 4.69) is 9.58 Å². The van der Waals surface area contributed by atoms with Crippen LogP contribution in [0.3, 0.4) is 0 Å². The van der Waals surface area contributed by atoms with Crippen molar-refractivity contribution in [2.24, 2.45) is 5.92 Å². The zero-order valence-electron chi connectivity index (χ0n) is 5.55. The van der Waals surface area contributed by atoms with E-state index in [-0.39, 0.29) is 18.4 Å². The molecule has 0 aromatic heterocycles. The number of methoxy groups -OCH3 is 1. The Morgan fingerprint density at radius 1 is 1.89 bits per heavy atom. The molecule has 0 radical (unpaired) electrons. The van der Waals surface area contributed by atoms with Crippen molar-refractivity contribution in [2.45, 2.75) is 6.92 Å². The Balaban J connectivity index is 3.62. The summed E-state index contributed by atoms with van der Waals surface area (Å²) < 4.78 is 4.38. The van der Waals surface area contributed by atoms with Gasteiger partial charge in [0.05, 0.1) is 7.11 Å². The molecule has 3 heteroatoms. The van der Waals surface area contributed by atoms with Gasteiger partial charge in [-0.1, -0.05) is 0 Å². The lowest BCUT2D eigenvalue weighted by Crippen LogP contribution is -2.14. The summed E-state index contributed by atoms with van der Waals surface area (Å²) in [6.45, 7) is 8.30. The third kappa shape index (κ3) is 2.70. The highest BCUT2D eigenvalue weighted by Gasteiger charge is 2.14. The van der Waals surface area contributed by atoms with Crippen LogP contribution in [0.1, 0.15) is 6.92 Å². The van der Waals surface area contributed by atoms with Gasteiger partial charge in [-0.25, -0.2) is 6.57 Å². The molecule has 0 rings (SSSR count). The predicted octanol–water partition coefficient (Wildman–Crippen LogP) is 0.715. The molecule has 0 aliphatic rings. The third-order valence-corrected chi connectivity index (χ3v) is 0.969. The van der Waals surface area contributed by atoms with Crippen LogP contribution in [0.2, 0.25) is 0 Å². The summed E-state index contributed by atoms with van der Waals surface area (Å²) in [6.07, 6.45) is 0. The van der Waals surface area contributed by atoms with Crippen molar-refractivity contribution >= 4 is 5.97 Å². The first-order valence-electron chi connectivity index (χ1n) is 2.63. The quantitative estimate of drug-likeness (QED) is 0.404. The number of hydrogen-bond acceptors (Lipinski definition) is 2. The van der Waals surface area contributed by atoms with E-state index >= 15 is 0 Å². The van der Waals surface area contributed by atoms with Crippen molar-refractivity contribution in [1.29, 1.82) is 0 Å². The number of hydrogen-bond donors (Lipinski definition) is 0. The van der Waals surface area contributed by atoms with Gasteiger partial charge in [0, 0.05) is 0 Å². The summed E-state index contributed by atoms with van der Waals surface area (Å²) in [5, 5.41) is 0. The Labute approximate surface area is 54.4 Å². The average molecular weight is 127 g/mol. The van der Waals surface area contributed by atoms with E-state index in [1.54, 1.807) is 6.92 Å². The number of esters is 1. The van der Waals surface area contributed by atoms with Crippen LogP contribution < -0.4 is 0 Å². The lowest BCUT2D eigenvalue weighted by Gasteiger charge is -1.99. The van der Waals surface area contributed by atoms with Crippen molar-refractivity contribution in [3.05, 3.63) is 11.4 Å². The molecule has 0 aliphatic carbocycles. The molecule has 1 unspecified atom stereocenters. The van der Waals surface area contributed by atoms with Gasteiger partial charge < -0.3 is 9.58 Å². The van der Waals surface area contributed by atoms with Crippen molar-refractivity contribution in [2.75, 3.05) is 13.7 Å². The van der Waals surface area contributed by atoms with Crippen LogP contribution in [-0.4, -0.2) is 19.6 Å². The third-order valence-electron chi connectivity index (χ3n) is 0.969. The molecule has 0 saturated carbocycles. The van der Waals surface area contributed by atoms with Crippen molar-refractivity contribution in [1.82, 2.24) is 0 Å². The fourth-order valence-corrected chi connectivity index (χ4v) is 0.413. The first-order valence-corrected chi connectivity index (χ1v) is 2.63. The number of carbonyl (C=O) groups excluding carboxylic acids is 1. The highest BCUT2D eigenvalue weighted by molar-refractivity contribution is 5.72. The molecule has 0 spiro atoms. The molecule has 0 bridgehead atoms. The van der Waals surface area contributed by atoms with Crippen LogP contribution in [0.4, 0.5) is 0 Å². The molecule has 0 saturated heterocycles. The second-order valence-corrected chi connectivity index (χ2v) is 1.76. The van der Waals surface area contributed by atoms with E-state index in [0.717, 1.165) is 0 Å². The lowest BCUT2D eigenvalue weighted by molar-refractivity contribution is -0.144. The van der Waals surface area contributed by atoms with Crippen LogP contribution in [0.5, 0.6) is 0 Å². The van der Waals surface area contributed by atoms with Crippen LogP contribution in [-0.2, 0) is 9.53 Å². The Bertz CT molecular complexity index is 136. The van der Waals surface area contributed by atoms with Gasteiger partial charge in [-0.3, -0.25) is 4.79 Å². The molecular formula is C6H9NO2. The van der Waals surface area contributed by atoms with Crippen LogP contribution in [0.15, 0.2) is 0 Å². The normalized spacial score (nSPS) is 11.7. The maximum Gasteiger partial charge on any atom is 0.315 e. The SMILES string of the molecule is [C-]#[N+]CC(C)C(=O)OC. The van der Waals surface area contributed by atoms with E-state index in [0.29, 0.717) is 0 Å². The Hall–Kier alpha value is -1.04. The topological polar surface area (TPSA) is 30.7 Å². The van der Waals surface area contributed by atoms with Crippen LogP contribution in [0.25, 0.3) is 4.85 Å². The fraction of sp³-hybridized carbons (Fsp3) is 0.667. The smallest absolute Gasteiger partial charge is 0.315 e. The monoisotopic (exact) mass is 127 g/mol. The summed E-state index contributed by atoms with van der Waals surface area (Å²) in [6, 6.07) is 0. The molecule has 3 nitrogen and oxygen atoms in total. The molecule has 9 heavy (non-hydrogen) atoms. The minimum absolute atomic E-state index is 0.215. The standard InChI is InChI=1S/C6H9NO2/c1-5(4-7-2)6(8)9-3/h5H,4H2,1,3H3. The van der Waals surface area contributed by atoms with E-state index in [9.17, 15) is 4.79 Å². The average Bonchev–Trinajstić information content (AvgIpc) is 1.87. The Kier molecular flexibility index (Phi) is 3.45. The number of rotatable bonds is 2. The minimum atomic E-state index is -0.314. The molecule has 0 aromatic rings. The van der Waals surface area contributed by atoms with Gasteiger partial charge in [0.15, 0.2) is 0 Å². The summed E-state index contributed by atoms with van der Waals surface area (Å²) in [7, 11) is 1.32. The molecule has 0 N–H and O–H groups in total. The number of ether oxygens (including phenoxy) is 1. The molecule has 1 atom stereocenters. The van der Waals surface area contributed by atoms with Gasteiger partial charge in [0.25, 0.3) is 0 Å². The Morgan fingerprint density at radius 3 is 2.78 bits per heavy atom. The van der Waals surface area contributed by atoms with Crippen LogP contribution in [0, 0.1) is 12.5 Å². The molecule has 0 amide bonds. The molecular weight excluding hydrogens is 118 g/mol. The zero-order chi connectivity index (χ0) is 7.28. The van der Waals surface area contributed by atoms with Gasteiger partial charge in [0.1, 0.15) is 5.92 Å². The van der Waals surface area contributed by atoms with Gasteiger partial charge in [-0.05, 0) is 6.92 Å². The minimum Gasteiger partial charge on any atom is -0.469 e. The van der Waals surface area contributed by atoms with E-state index < -0.39 is 0 Å². The highest BCUT2D eigenvalue weighted by Crippen LogP contribution is 1.96. The summed E-state index contributed by atoms with van der Waals surface area (Å²) >= 11 is 0. The first-order chi connectivity index (χ1) is 4.22. The van der Waals surface area contributed by atoms with E-state index in [1.807, 2.05) is 0 Å². The van der Waals surface area contributed by atoms with Gasteiger partial charge in [0.2, 0.25) is 6.54 Å². The first kappa shape index (κ1) is 7.96. The maximum atomic E-state index is 10.5. The Morgan fingerprint density at radius 2 is 2.44 bits per heavy atom. The van der Waals surface area contributed by atoms with Gasteiger partial charge >= 0.3 is 5.97 Å². The van der Waals surface area contributed by atoms with Crippen molar-refractivity contribution in [3.63, 3.8) is 0 Å². The molecule has 0 fully saturated rings. The molecule has 0 heterocycles. The largest absolute Gasteiger partial charge is 0.469 e. The van der Waals surface area contributed by atoms with Crippen LogP contribution >= 0.6 is 0 Å². The van der Waals surface area contributed by atoms with E-state index in [1.165, 1.54) is 7.11 Å². The van der Waals surface area contributed by atoms with Crippen molar-refractivity contribution in [3.8, 4) is 0 Å². The zero-order valence-corrected chi connectivity index (χ0v) is 5.55. The van der Waals surface area contributed by atoms with Crippen molar-refractivity contribution < 1.29 is 9.53 Å². The summed E-state index contributed by atoms with van der Waals surface area (Å²) in [5.41, 5.74) is 0. The second-order valence-electron chi connectivity index (χ2n) is 1.76. The molecule has 50 valence electrons. The van der Waals surface area contributed by atoms with Gasteiger partial charge in [-0.15, -0.1) is 0 Å². The van der Waals surface area contributed by atoms with Gasteiger partial charge in [-0.2, -0.15) is 0 Å². The highest BCUT2D eigenvalue weighted by atomic mass is 16.5. The molecule has 0 aliphatic heterocycles. The van der Waals surface area contributed by atoms with E-state index in [4.69, 9.17) is 6.57 Å². The summed E-state index contributed by atoms with van der Waals surface area (Å²) in [5.74, 6) is -0.599. The fourth-order valence-electron chi connectivity index (χ4n) is 0.413. The number of nitrogens with zero attached hydrogens (tertiary/aromatic N) is 1. The maximum absolute atomic E-state index is 10.5. The summed E-state index contributed by atoms with van der Waals surface area (Å²) in [4.78, 5) is 13.6. The lowest BCUT2D eigenvalue weighted by atomic mass is 10.2. The number of carbonyl (C=O) groups is 1. The predicted molar refractivity (Wildman–Crippen MR) is 32.6 cm³/mol.